The molecule has 0 heterocycles. The number of nitrogens with two attached hydrogens (primary N) is 1. The number of rotatable bonds is 1. The molecule has 1 amide bonds. The summed E-state index contributed by atoms with van der Waals surface area (Å²) in [7, 11) is 0. The van der Waals surface area contributed by atoms with E-state index in [1.165, 1.54) is 0 Å². The predicted molar refractivity (Wildman–Crippen MR) is 30.2 cm³/mol. The molecule has 0 aliphatic rings. The van der Waals surface area contributed by atoms with Crippen LogP contribution in [0.5, 0.6) is 0 Å². The summed E-state index contributed by atoms with van der Waals surface area (Å²) >= 11 is 0. The van der Waals surface area contributed by atoms with E-state index in [1.54, 1.807) is 13.8 Å². The van der Waals surface area contributed by atoms with E-state index in [0.29, 0.717) is 5.92 Å². The van der Waals surface area contributed by atoms with Crippen molar-refractivity contribution < 1.29 is 37.5 Å². The number of carbonyl (C=O) groups is 1. The van der Waals surface area contributed by atoms with E-state index in [4.69, 9.17) is 5.73 Å². The Kier molecular flexibility index (Phi) is 14.7. The molecule has 0 bridgehead atoms. The number of primary amides is 1. The van der Waals surface area contributed by atoms with Crippen molar-refractivity contribution in [3.05, 3.63) is 13.3 Å². The first-order valence-corrected chi connectivity index (χ1v) is 1.74. The van der Waals surface area contributed by atoms with Gasteiger partial charge in [-0.25, -0.2) is 0 Å². The maximum Gasteiger partial charge on any atom is 0.0820 e. The zero-order valence-corrected chi connectivity index (χ0v) is 8.40. The van der Waals surface area contributed by atoms with E-state index in [-0.39, 0.29) is 46.0 Å². The summed E-state index contributed by atoms with van der Waals surface area (Å²) in [5, 5.41) is 0. The van der Waals surface area contributed by atoms with Crippen LogP contribution in [0.1, 0.15) is 13.8 Å². The first-order valence-electron chi connectivity index (χ1n) is 1.74. The Morgan fingerprint density at radius 1 is 1.50 bits per heavy atom. The molecule has 0 unspecified atom stereocenters. The van der Waals surface area contributed by atoms with Gasteiger partial charge in [-0.15, -0.1) is 0 Å². The summed E-state index contributed by atoms with van der Waals surface area (Å²) in [6.07, 6.45) is 0. The number of carbonyl (C=O) groups excluding carboxylic acids is 1. The van der Waals surface area contributed by atoms with Crippen LogP contribution in [0.25, 0.3) is 0 Å². The van der Waals surface area contributed by atoms with Gasteiger partial charge in [-0.1, -0.05) is 0 Å². The van der Waals surface area contributed by atoms with Gasteiger partial charge in [-0.05, 0) is 0 Å². The Morgan fingerprint density at radius 2 is 1.62 bits per heavy atom. The third-order valence-electron chi connectivity index (χ3n) is 0.493. The molecule has 0 fully saturated rings. The predicted octanol–water partition coefficient (Wildman–Crippen LogP) is 0.534. The van der Waals surface area contributed by atoms with Crippen molar-refractivity contribution >= 4 is 5.91 Å². The van der Waals surface area contributed by atoms with Gasteiger partial charge in [0.2, 0.25) is 0 Å². The van der Waals surface area contributed by atoms with Crippen molar-refractivity contribution in [1.82, 2.24) is 0 Å². The Balaban J connectivity index is -0.000000125. The SMILES string of the molecule is C[C-](C)C(N)=O.[CH3-].[Y]. The molecule has 3 heteroatoms. The van der Waals surface area contributed by atoms with Gasteiger partial charge in [0.1, 0.15) is 0 Å². The molecule has 1 radical (unpaired) electrons. The average Bonchev–Trinajstić information content (AvgIpc) is 1.36. The van der Waals surface area contributed by atoms with E-state index in [1.807, 2.05) is 0 Å². The third-order valence-corrected chi connectivity index (χ3v) is 0.493. The molecule has 0 spiro atoms. The fourth-order valence-electron chi connectivity index (χ4n) is 0. The van der Waals surface area contributed by atoms with E-state index >= 15 is 0 Å². The summed E-state index contributed by atoms with van der Waals surface area (Å²) in [5.41, 5.74) is 4.76. The standard InChI is InChI=1S/C4H8NO.CH3.Y/c1-3(2)4(5)6;;/h1-2H3,(H2,5,6);1H3;/q2*-1;. The summed E-state index contributed by atoms with van der Waals surface area (Å²) in [6.45, 7) is 3.37. The molecule has 47 valence electrons. The van der Waals surface area contributed by atoms with Crippen molar-refractivity contribution in [3.63, 3.8) is 0 Å². The molecule has 0 aromatic carbocycles. The summed E-state index contributed by atoms with van der Waals surface area (Å²) in [5.74, 6) is 0.324. The quantitative estimate of drug-likeness (QED) is 0.602. The minimum atomic E-state index is -0.324. The molecular weight excluding hydrogens is 179 g/mol. The first-order chi connectivity index (χ1) is 2.64. The van der Waals surface area contributed by atoms with Crippen LogP contribution in [-0.4, -0.2) is 5.91 Å². The molecule has 0 saturated carbocycles. The topological polar surface area (TPSA) is 43.1 Å². The van der Waals surface area contributed by atoms with Crippen LogP contribution in [0, 0.1) is 13.3 Å². The van der Waals surface area contributed by atoms with E-state index in [0.717, 1.165) is 0 Å². The van der Waals surface area contributed by atoms with Crippen molar-refractivity contribution in [2.75, 3.05) is 0 Å². The molecule has 0 rings (SSSR count). The molecule has 0 aliphatic carbocycles. The van der Waals surface area contributed by atoms with Gasteiger partial charge in [0.15, 0.2) is 0 Å². The van der Waals surface area contributed by atoms with Crippen molar-refractivity contribution in [2.24, 2.45) is 5.73 Å². The molecule has 0 saturated heterocycles. The molecule has 8 heavy (non-hydrogen) atoms. The van der Waals surface area contributed by atoms with Gasteiger partial charge in [-0.3, -0.25) is 5.92 Å². The van der Waals surface area contributed by atoms with Crippen molar-refractivity contribution in [1.29, 1.82) is 0 Å². The van der Waals surface area contributed by atoms with E-state index < -0.39 is 0 Å². The van der Waals surface area contributed by atoms with Gasteiger partial charge in [-0.2, -0.15) is 13.8 Å². The minimum Gasteiger partial charge on any atom is -0.394 e. The molecule has 0 atom stereocenters. The second-order valence-electron chi connectivity index (χ2n) is 1.36. The van der Waals surface area contributed by atoms with Crippen LogP contribution < -0.4 is 5.73 Å². The summed E-state index contributed by atoms with van der Waals surface area (Å²) in [6, 6.07) is 0. The maximum absolute atomic E-state index is 9.88. The molecular formula is C5H11NOY-2. The van der Waals surface area contributed by atoms with Crippen LogP contribution in [-0.2, 0) is 37.5 Å². The fourth-order valence-corrected chi connectivity index (χ4v) is 0. The number of hydrogen-bond acceptors (Lipinski definition) is 1. The van der Waals surface area contributed by atoms with Gasteiger partial charge in [0, 0.05) is 32.7 Å². The van der Waals surface area contributed by atoms with Crippen molar-refractivity contribution in [2.45, 2.75) is 13.8 Å². The van der Waals surface area contributed by atoms with Crippen LogP contribution in [0.4, 0.5) is 0 Å². The zero-order chi connectivity index (χ0) is 5.15. The normalized spacial score (nSPS) is 5.75. The van der Waals surface area contributed by atoms with Gasteiger partial charge in [0.25, 0.3) is 0 Å². The monoisotopic (exact) mass is 190 g/mol. The second-order valence-corrected chi connectivity index (χ2v) is 1.36. The summed E-state index contributed by atoms with van der Waals surface area (Å²) in [4.78, 5) is 9.88. The fraction of sp³-hybridized carbons (Fsp3) is 0.400. The molecule has 2 N–H and O–H groups in total. The Labute approximate surface area is 76.1 Å². The Morgan fingerprint density at radius 3 is 1.62 bits per heavy atom. The van der Waals surface area contributed by atoms with Gasteiger partial charge >= 0.3 is 0 Å². The molecule has 0 aromatic rings. The number of amides is 1. The molecule has 0 aliphatic heterocycles. The smallest absolute Gasteiger partial charge is 0.0820 e. The van der Waals surface area contributed by atoms with E-state index in [2.05, 4.69) is 0 Å². The van der Waals surface area contributed by atoms with E-state index in [9.17, 15) is 4.79 Å². The zero-order valence-electron chi connectivity index (χ0n) is 5.56. The van der Waals surface area contributed by atoms with Gasteiger partial charge in [0.05, 0.1) is 5.91 Å². The average molecular weight is 190 g/mol. The Bertz CT molecular complexity index is 63.4. The largest absolute Gasteiger partial charge is 0.394 e. The van der Waals surface area contributed by atoms with Crippen molar-refractivity contribution in [3.8, 4) is 0 Å². The minimum absolute atomic E-state index is 0. The third kappa shape index (κ3) is 9.67. The molecule has 2 nitrogen and oxygen atoms in total. The summed E-state index contributed by atoms with van der Waals surface area (Å²) < 4.78 is 0. The first kappa shape index (κ1) is 15.8. The maximum atomic E-state index is 9.88. The van der Waals surface area contributed by atoms with Crippen LogP contribution in [0.2, 0.25) is 0 Å². The van der Waals surface area contributed by atoms with Crippen LogP contribution in [0.15, 0.2) is 0 Å². The van der Waals surface area contributed by atoms with Crippen LogP contribution in [0.3, 0.4) is 0 Å². The second kappa shape index (κ2) is 7.44. The van der Waals surface area contributed by atoms with Crippen LogP contribution >= 0.6 is 0 Å². The number of hydrogen-bond donors (Lipinski definition) is 1. The van der Waals surface area contributed by atoms with Gasteiger partial charge < -0.3 is 18.0 Å². The Hall–Kier alpha value is 0.444. The molecule has 0 aromatic heterocycles.